The number of fused-ring (bicyclic) bond motifs is 6. The summed E-state index contributed by atoms with van der Waals surface area (Å²) in [5.41, 5.74) is 8.16. The highest BCUT2D eigenvalue weighted by molar-refractivity contribution is 6.15. The molecule has 0 atom stereocenters. The highest BCUT2D eigenvalue weighted by Gasteiger charge is 2.19. The quantitative estimate of drug-likeness (QED) is 0.249. The Kier molecular flexibility index (Phi) is 4.49. The maximum atomic E-state index is 6.34. The van der Waals surface area contributed by atoms with Crippen molar-refractivity contribution < 1.29 is 8.83 Å². The van der Waals surface area contributed by atoms with Gasteiger partial charge in [-0.05, 0) is 35.4 Å². The molecule has 8 aromatic rings. The van der Waals surface area contributed by atoms with Crippen molar-refractivity contribution >= 4 is 44.0 Å². The number of rotatable bonds is 3. The fraction of sp³-hybridized carbons (Fsp3) is 0. The van der Waals surface area contributed by atoms with E-state index in [4.69, 9.17) is 18.8 Å². The molecule has 0 N–H and O–H groups in total. The topological polar surface area (TPSA) is 52.1 Å². The van der Waals surface area contributed by atoms with Crippen LogP contribution in [0.3, 0.4) is 0 Å². The Bertz CT molecular complexity index is 2120. The minimum absolute atomic E-state index is 0.580. The van der Waals surface area contributed by atoms with Gasteiger partial charge in [-0.3, -0.25) is 0 Å². The van der Waals surface area contributed by atoms with Gasteiger partial charge in [0.15, 0.2) is 5.82 Å². The Hall–Kier alpha value is -5.22. The lowest BCUT2D eigenvalue weighted by molar-refractivity contribution is 0.653. The summed E-state index contributed by atoms with van der Waals surface area (Å²) < 4.78 is 12.5. The van der Waals surface area contributed by atoms with Crippen LogP contribution >= 0.6 is 0 Å². The van der Waals surface area contributed by atoms with Gasteiger partial charge < -0.3 is 8.83 Å². The van der Waals surface area contributed by atoms with Crippen LogP contribution in [0.15, 0.2) is 130 Å². The van der Waals surface area contributed by atoms with Crippen LogP contribution in [0.25, 0.3) is 77.8 Å². The normalized spacial score (nSPS) is 11.7. The van der Waals surface area contributed by atoms with Crippen molar-refractivity contribution in [3.05, 3.63) is 121 Å². The summed E-state index contributed by atoms with van der Waals surface area (Å²) in [4.78, 5) is 9.92. The Morgan fingerprint density at radius 3 is 2.00 bits per heavy atom. The zero-order chi connectivity index (χ0) is 25.1. The standard InChI is InChI=1S/C34H20N2O2/c1-3-10-21(11-4-1)32-31-26-20-23(24-15-9-17-29-30(24)25-14-7-8-16-27(25)37-29)18-19-28(26)38-34(31)36-33(35-32)22-12-5-2-6-13-22/h1-20H. The maximum Gasteiger partial charge on any atom is 0.231 e. The molecule has 0 unspecified atom stereocenters. The molecule has 4 heteroatoms. The molecule has 178 valence electrons. The third-order valence-corrected chi connectivity index (χ3v) is 7.12. The van der Waals surface area contributed by atoms with E-state index in [1.54, 1.807) is 0 Å². The average Bonchev–Trinajstić information content (AvgIpc) is 3.55. The summed E-state index contributed by atoms with van der Waals surface area (Å²) in [6.07, 6.45) is 0. The van der Waals surface area contributed by atoms with Crippen LogP contribution in [-0.4, -0.2) is 9.97 Å². The van der Waals surface area contributed by atoms with E-state index in [1.165, 1.54) is 0 Å². The molecule has 0 radical (unpaired) electrons. The predicted octanol–water partition coefficient (Wildman–Crippen LogP) is 9.28. The summed E-state index contributed by atoms with van der Waals surface area (Å²) in [7, 11) is 0. The Morgan fingerprint density at radius 2 is 1.16 bits per heavy atom. The van der Waals surface area contributed by atoms with E-state index >= 15 is 0 Å². The molecular weight excluding hydrogens is 468 g/mol. The lowest BCUT2D eigenvalue weighted by Gasteiger charge is -2.07. The molecule has 5 aromatic carbocycles. The minimum Gasteiger partial charge on any atom is -0.456 e. The first-order valence-corrected chi connectivity index (χ1v) is 12.6. The van der Waals surface area contributed by atoms with E-state index in [1.807, 2.05) is 78.9 Å². The second-order valence-corrected chi connectivity index (χ2v) is 9.40. The van der Waals surface area contributed by atoms with Gasteiger partial charge in [-0.2, -0.15) is 4.98 Å². The van der Waals surface area contributed by atoms with Crippen molar-refractivity contribution in [2.24, 2.45) is 0 Å². The SMILES string of the molecule is c1ccc(-c2nc(-c3ccccc3)c3c(n2)oc2ccc(-c4cccc5oc6ccccc6c45)cc23)cc1. The van der Waals surface area contributed by atoms with Gasteiger partial charge in [-0.25, -0.2) is 4.98 Å². The van der Waals surface area contributed by atoms with Gasteiger partial charge in [0, 0.05) is 27.3 Å². The van der Waals surface area contributed by atoms with Gasteiger partial charge in [0.2, 0.25) is 5.71 Å². The smallest absolute Gasteiger partial charge is 0.231 e. The number of hydrogen-bond donors (Lipinski definition) is 0. The third-order valence-electron chi connectivity index (χ3n) is 7.12. The molecule has 4 nitrogen and oxygen atoms in total. The maximum absolute atomic E-state index is 6.34. The van der Waals surface area contributed by atoms with Gasteiger partial charge in [0.1, 0.15) is 16.7 Å². The van der Waals surface area contributed by atoms with Crippen LogP contribution in [0.1, 0.15) is 0 Å². The molecule has 0 bridgehead atoms. The molecular formula is C34H20N2O2. The van der Waals surface area contributed by atoms with Crippen LogP contribution in [0, 0.1) is 0 Å². The van der Waals surface area contributed by atoms with Crippen molar-refractivity contribution in [2.75, 3.05) is 0 Å². The van der Waals surface area contributed by atoms with Gasteiger partial charge >= 0.3 is 0 Å². The van der Waals surface area contributed by atoms with E-state index in [2.05, 4.69) is 42.5 Å². The van der Waals surface area contributed by atoms with Crippen LogP contribution < -0.4 is 0 Å². The molecule has 0 saturated carbocycles. The van der Waals surface area contributed by atoms with Crippen molar-refractivity contribution in [1.82, 2.24) is 9.97 Å². The summed E-state index contributed by atoms with van der Waals surface area (Å²) in [6.45, 7) is 0. The molecule has 0 aliphatic heterocycles. The largest absolute Gasteiger partial charge is 0.456 e. The molecule has 0 spiro atoms. The molecule has 0 aliphatic carbocycles. The second-order valence-electron chi connectivity index (χ2n) is 9.40. The molecule has 0 saturated heterocycles. The zero-order valence-electron chi connectivity index (χ0n) is 20.3. The third kappa shape index (κ3) is 3.17. The van der Waals surface area contributed by atoms with Crippen molar-refractivity contribution in [3.63, 3.8) is 0 Å². The number of furan rings is 2. The Morgan fingerprint density at radius 1 is 0.447 bits per heavy atom. The van der Waals surface area contributed by atoms with Crippen molar-refractivity contribution in [1.29, 1.82) is 0 Å². The fourth-order valence-corrected chi connectivity index (χ4v) is 5.38. The Balaban J connectivity index is 1.43. The number of hydrogen-bond acceptors (Lipinski definition) is 4. The van der Waals surface area contributed by atoms with Crippen LogP contribution in [0.4, 0.5) is 0 Å². The number of benzene rings is 5. The van der Waals surface area contributed by atoms with E-state index < -0.39 is 0 Å². The van der Waals surface area contributed by atoms with Crippen LogP contribution in [-0.2, 0) is 0 Å². The molecule has 0 amide bonds. The van der Waals surface area contributed by atoms with Crippen LogP contribution in [0.5, 0.6) is 0 Å². The summed E-state index contributed by atoms with van der Waals surface area (Å²) in [5, 5.41) is 4.12. The fourth-order valence-electron chi connectivity index (χ4n) is 5.38. The average molecular weight is 489 g/mol. The molecule has 8 rings (SSSR count). The lowest BCUT2D eigenvalue weighted by atomic mass is 9.97. The zero-order valence-corrected chi connectivity index (χ0v) is 20.3. The van der Waals surface area contributed by atoms with Crippen molar-refractivity contribution in [3.8, 4) is 33.8 Å². The second kappa shape index (κ2) is 8.15. The first kappa shape index (κ1) is 20.9. The number of nitrogens with zero attached hydrogens (tertiary/aromatic N) is 2. The monoisotopic (exact) mass is 488 g/mol. The minimum atomic E-state index is 0.580. The highest BCUT2D eigenvalue weighted by atomic mass is 16.3. The molecule has 3 aromatic heterocycles. The Labute approximate surface area is 217 Å². The van der Waals surface area contributed by atoms with Gasteiger partial charge in [0.05, 0.1) is 11.1 Å². The number of para-hydroxylation sites is 1. The molecule has 3 heterocycles. The molecule has 0 aliphatic rings. The van der Waals surface area contributed by atoms with Gasteiger partial charge in [-0.15, -0.1) is 0 Å². The van der Waals surface area contributed by atoms with Gasteiger partial charge in [-0.1, -0.05) is 97.1 Å². The predicted molar refractivity (Wildman–Crippen MR) is 153 cm³/mol. The highest BCUT2D eigenvalue weighted by Crippen LogP contribution is 2.41. The number of aromatic nitrogens is 2. The summed E-state index contributed by atoms with van der Waals surface area (Å²) >= 11 is 0. The van der Waals surface area contributed by atoms with Gasteiger partial charge in [0.25, 0.3) is 0 Å². The van der Waals surface area contributed by atoms with E-state index in [-0.39, 0.29) is 0 Å². The summed E-state index contributed by atoms with van der Waals surface area (Å²) in [5.74, 6) is 0.644. The molecule has 38 heavy (non-hydrogen) atoms. The molecule has 0 fully saturated rings. The lowest BCUT2D eigenvalue weighted by Crippen LogP contribution is -1.93. The first-order chi connectivity index (χ1) is 18.8. The summed E-state index contributed by atoms with van der Waals surface area (Å²) in [6, 6.07) is 41.0. The van der Waals surface area contributed by atoms with Crippen LogP contribution in [0.2, 0.25) is 0 Å². The van der Waals surface area contributed by atoms with E-state index in [0.717, 1.165) is 66.2 Å². The first-order valence-electron chi connectivity index (χ1n) is 12.6. The van der Waals surface area contributed by atoms with E-state index in [0.29, 0.717) is 11.5 Å². The van der Waals surface area contributed by atoms with Crippen molar-refractivity contribution in [2.45, 2.75) is 0 Å². The van der Waals surface area contributed by atoms with E-state index in [9.17, 15) is 0 Å².